The van der Waals surface area contributed by atoms with Gasteiger partial charge >= 0.3 is 0 Å². The minimum atomic E-state index is -0.187. The van der Waals surface area contributed by atoms with Crippen LogP contribution in [0.1, 0.15) is 26.3 Å². The minimum Gasteiger partial charge on any atom is -0.396 e. The summed E-state index contributed by atoms with van der Waals surface area (Å²) in [6, 6.07) is 0.406. The number of aliphatic hydroxyl groups excluding tert-OH is 1. The third-order valence-corrected chi connectivity index (χ3v) is 5.18. The highest BCUT2D eigenvalue weighted by atomic mass is 16.5. The molecule has 3 heterocycles. The maximum absolute atomic E-state index is 9.60. The zero-order chi connectivity index (χ0) is 17.0. The largest absolute Gasteiger partial charge is 0.396 e. The number of aliphatic imine (C=N–C) groups is 1. The van der Waals surface area contributed by atoms with Crippen LogP contribution in [0.25, 0.3) is 0 Å². The first-order valence-corrected chi connectivity index (χ1v) is 8.87. The molecule has 2 fully saturated rings. The molecule has 0 spiro atoms. The summed E-state index contributed by atoms with van der Waals surface area (Å²) in [6.07, 6.45) is 6.91. The Morgan fingerprint density at radius 1 is 1.50 bits per heavy atom. The Bertz CT molecular complexity index is 536. The highest BCUT2D eigenvalue weighted by Crippen LogP contribution is 2.29. The summed E-state index contributed by atoms with van der Waals surface area (Å²) in [5.41, 5.74) is -0.187. The van der Waals surface area contributed by atoms with Gasteiger partial charge < -0.3 is 24.6 Å². The highest BCUT2D eigenvalue weighted by Gasteiger charge is 2.38. The number of imidazole rings is 1. The first-order valence-electron chi connectivity index (χ1n) is 8.87. The molecule has 0 bridgehead atoms. The molecule has 0 aliphatic carbocycles. The third kappa shape index (κ3) is 3.57. The van der Waals surface area contributed by atoms with Crippen LogP contribution < -0.4 is 5.32 Å². The minimum absolute atomic E-state index is 0.130. The standard InChI is InChI=1S/C17H29N5O2/c1-3-19-16(20-9-17(10-23)11-24-12-17)21-6-4-14(2)15(8-21)22-7-5-18-13-22/h5,7,13-15,23H,3-4,6,8-12H2,1-2H3,(H,19,20). The topological polar surface area (TPSA) is 74.9 Å². The van der Waals surface area contributed by atoms with E-state index in [9.17, 15) is 5.11 Å². The number of hydrogen-bond donors (Lipinski definition) is 2. The van der Waals surface area contributed by atoms with Gasteiger partial charge in [0, 0.05) is 32.0 Å². The maximum atomic E-state index is 9.60. The van der Waals surface area contributed by atoms with E-state index in [0.29, 0.717) is 31.7 Å². The van der Waals surface area contributed by atoms with Crippen molar-refractivity contribution in [1.29, 1.82) is 0 Å². The van der Waals surface area contributed by atoms with Crippen LogP contribution in [0.2, 0.25) is 0 Å². The van der Waals surface area contributed by atoms with Crippen LogP contribution in [0.5, 0.6) is 0 Å². The van der Waals surface area contributed by atoms with Gasteiger partial charge in [-0.2, -0.15) is 0 Å². The second kappa shape index (κ2) is 7.53. The van der Waals surface area contributed by atoms with Gasteiger partial charge in [0.2, 0.25) is 0 Å². The smallest absolute Gasteiger partial charge is 0.194 e. The van der Waals surface area contributed by atoms with E-state index in [1.165, 1.54) is 0 Å². The lowest BCUT2D eigenvalue weighted by molar-refractivity contribution is -0.130. The Morgan fingerprint density at radius 2 is 2.33 bits per heavy atom. The summed E-state index contributed by atoms with van der Waals surface area (Å²) >= 11 is 0. The first-order chi connectivity index (χ1) is 11.7. The molecule has 0 amide bonds. The van der Waals surface area contributed by atoms with Crippen LogP contribution in [0.3, 0.4) is 0 Å². The number of aliphatic hydroxyl groups is 1. The SMILES string of the molecule is CCNC(=NCC1(CO)COC1)N1CCC(C)C(n2ccnc2)C1. The molecular formula is C17H29N5O2. The van der Waals surface area contributed by atoms with Gasteiger partial charge in [0.1, 0.15) is 0 Å². The summed E-state index contributed by atoms with van der Waals surface area (Å²) in [7, 11) is 0. The fourth-order valence-electron chi connectivity index (χ4n) is 3.39. The molecule has 0 radical (unpaired) electrons. The normalized spacial score (nSPS) is 27.0. The van der Waals surface area contributed by atoms with Gasteiger partial charge in [-0.25, -0.2) is 4.98 Å². The predicted molar refractivity (Wildman–Crippen MR) is 92.9 cm³/mol. The molecule has 2 aliphatic heterocycles. The van der Waals surface area contributed by atoms with Crippen LogP contribution in [-0.2, 0) is 4.74 Å². The Balaban J connectivity index is 1.70. The van der Waals surface area contributed by atoms with Gasteiger partial charge in [0.25, 0.3) is 0 Å². The van der Waals surface area contributed by atoms with E-state index in [-0.39, 0.29) is 12.0 Å². The summed E-state index contributed by atoms with van der Waals surface area (Å²) < 4.78 is 7.48. The highest BCUT2D eigenvalue weighted by molar-refractivity contribution is 5.80. The molecule has 1 aromatic heterocycles. The number of rotatable bonds is 5. The summed E-state index contributed by atoms with van der Waals surface area (Å²) in [6.45, 7) is 9.08. The lowest BCUT2D eigenvalue weighted by Gasteiger charge is -2.41. The van der Waals surface area contributed by atoms with Crippen molar-refractivity contribution < 1.29 is 9.84 Å². The fraction of sp³-hybridized carbons (Fsp3) is 0.765. The van der Waals surface area contributed by atoms with E-state index in [4.69, 9.17) is 9.73 Å². The molecule has 0 saturated carbocycles. The van der Waals surface area contributed by atoms with Gasteiger partial charge in [-0.05, 0) is 19.3 Å². The quantitative estimate of drug-likeness (QED) is 0.613. The van der Waals surface area contributed by atoms with Crippen molar-refractivity contribution in [3.63, 3.8) is 0 Å². The number of aromatic nitrogens is 2. The van der Waals surface area contributed by atoms with E-state index in [1.807, 2.05) is 18.7 Å². The molecule has 2 aliphatic rings. The van der Waals surface area contributed by atoms with Gasteiger partial charge in [-0.3, -0.25) is 4.99 Å². The number of nitrogens with one attached hydrogen (secondary N) is 1. The molecule has 2 atom stereocenters. The van der Waals surface area contributed by atoms with Crippen molar-refractivity contribution >= 4 is 5.96 Å². The Kier molecular flexibility index (Phi) is 5.40. The second-order valence-corrected chi connectivity index (χ2v) is 7.11. The predicted octanol–water partition coefficient (Wildman–Crippen LogP) is 0.740. The van der Waals surface area contributed by atoms with Crippen molar-refractivity contribution in [2.24, 2.45) is 16.3 Å². The molecule has 1 aromatic rings. The molecule has 24 heavy (non-hydrogen) atoms. The summed E-state index contributed by atoms with van der Waals surface area (Å²) in [4.78, 5) is 11.3. The van der Waals surface area contributed by atoms with Gasteiger partial charge in [0.15, 0.2) is 5.96 Å². The average molecular weight is 335 g/mol. The van der Waals surface area contributed by atoms with E-state index >= 15 is 0 Å². The van der Waals surface area contributed by atoms with Gasteiger partial charge in [-0.1, -0.05) is 6.92 Å². The lowest BCUT2D eigenvalue weighted by Crippen LogP contribution is -2.51. The second-order valence-electron chi connectivity index (χ2n) is 7.11. The molecule has 2 N–H and O–H groups in total. The molecule has 0 aromatic carbocycles. The number of guanidine groups is 1. The monoisotopic (exact) mass is 335 g/mol. The van der Waals surface area contributed by atoms with Crippen LogP contribution in [0.15, 0.2) is 23.7 Å². The van der Waals surface area contributed by atoms with Crippen LogP contribution in [0.4, 0.5) is 0 Å². The number of likely N-dealkylation sites (tertiary alicyclic amines) is 1. The van der Waals surface area contributed by atoms with Gasteiger partial charge in [-0.15, -0.1) is 0 Å². The fourth-order valence-corrected chi connectivity index (χ4v) is 3.39. The molecule has 134 valence electrons. The Morgan fingerprint density at radius 3 is 2.92 bits per heavy atom. The van der Waals surface area contributed by atoms with E-state index in [1.54, 1.807) is 0 Å². The number of ether oxygens (including phenoxy) is 1. The number of piperidine rings is 1. The molecule has 2 saturated heterocycles. The summed E-state index contributed by atoms with van der Waals surface area (Å²) in [5.74, 6) is 1.55. The van der Waals surface area contributed by atoms with E-state index in [0.717, 1.165) is 32.0 Å². The molecular weight excluding hydrogens is 306 g/mol. The third-order valence-electron chi connectivity index (χ3n) is 5.18. The molecule has 7 heteroatoms. The van der Waals surface area contributed by atoms with E-state index in [2.05, 4.69) is 33.6 Å². The van der Waals surface area contributed by atoms with Crippen molar-refractivity contribution in [2.45, 2.75) is 26.3 Å². The molecule has 3 rings (SSSR count). The number of nitrogens with zero attached hydrogens (tertiary/aromatic N) is 4. The van der Waals surface area contributed by atoms with Crippen molar-refractivity contribution in [1.82, 2.24) is 19.8 Å². The van der Waals surface area contributed by atoms with Crippen molar-refractivity contribution in [2.75, 3.05) is 46.0 Å². The van der Waals surface area contributed by atoms with Crippen molar-refractivity contribution in [3.8, 4) is 0 Å². The first kappa shape index (κ1) is 17.2. The molecule has 7 nitrogen and oxygen atoms in total. The summed E-state index contributed by atoms with van der Waals surface area (Å²) in [5, 5.41) is 13.0. The van der Waals surface area contributed by atoms with Gasteiger partial charge in [0.05, 0.1) is 44.1 Å². The Hall–Kier alpha value is -1.60. The number of hydrogen-bond acceptors (Lipinski definition) is 4. The van der Waals surface area contributed by atoms with Crippen LogP contribution in [-0.4, -0.2) is 71.5 Å². The molecule has 2 unspecified atom stereocenters. The zero-order valence-corrected chi connectivity index (χ0v) is 14.7. The zero-order valence-electron chi connectivity index (χ0n) is 14.7. The Labute approximate surface area is 143 Å². The maximum Gasteiger partial charge on any atom is 0.194 e. The van der Waals surface area contributed by atoms with Crippen LogP contribution in [0, 0.1) is 11.3 Å². The van der Waals surface area contributed by atoms with Crippen LogP contribution >= 0.6 is 0 Å². The lowest BCUT2D eigenvalue weighted by atomic mass is 9.87. The average Bonchev–Trinajstić information content (AvgIpc) is 3.08. The van der Waals surface area contributed by atoms with E-state index < -0.39 is 0 Å². The van der Waals surface area contributed by atoms with Crippen molar-refractivity contribution in [3.05, 3.63) is 18.7 Å².